The van der Waals surface area contributed by atoms with E-state index in [2.05, 4.69) is 30.2 Å². The van der Waals surface area contributed by atoms with Crippen LogP contribution in [0.4, 0.5) is 0 Å². The van der Waals surface area contributed by atoms with Crippen LogP contribution in [0.25, 0.3) is 0 Å². The first-order valence-corrected chi connectivity index (χ1v) is 6.30. The monoisotopic (exact) mass is 241 g/mol. The highest BCUT2D eigenvalue weighted by Crippen LogP contribution is 2.16. The summed E-state index contributed by atoms with van der Waals surface area (Å²) >= 11 is 1.71. The van der Waals surface area contributed by atoms with Gasteiger partial charge in [0.15, 0.2) is 0 Å². The number of carbonyl (C=O) groups is 1. The Morgan fingerprint density at radius 2 is 2.19 bits per heavy atom. The third kappa shape index (κ3) is 3.32. The Morgan fingerprint density at radius 1 is 1.50 bits per heavy atom. The molecule has 0 fully saturated rings. The normalized spacial score (nSPS) is 13.1. The number of carbonyl (C=O) groups excluding carboxylic acids is 1. The lowest BCUT2D eigenvalue weighted by molar-refractivity contribution is -0.147. The van der Waals surface area contributed by atoms with Crippen molar-refractivity contribution in [3.05, 3.63) is 22.4 Å². The van der Waals surface area contributed by atoms with Crippen LogP contribution in [0.3, 0.4) is 0 Å². The van der Waals surface area contributed by atoms with Crippen molar-refractivity contribution in [2.24, 2.45) is 0 Å². The molecule has 0 spiro atoms. The van der Waals surface area contributed by atoms with Gasteiger partial charge in [-0.15, -0.1) is 11.3 Å². The molecule has 1 rings (SSSR count). The topological polar surface area (TPSA) is 29.5 Å². The Morgan fingerprint density at radius 3 is 2.62 bits per heavy atom. The summed E-state index contributed by atoms with van der Waals surface area (Å²) in [5.41, 5.74) is 0. The molecule has 0 amide bonds. The van der Waals surface area contributed by atoms with E-state index in [1.54, 1.807) is 11.3 Å². The molecular formula is C12H19NO2S. The zero-order chi connectivity index (χ0) is 12.1. The van der Waals surface area contributed by atoms with Crippen molar-refractivity contribution in [2.75, 3.05) is 7.11 Å². The van der Waals surface area contributed by atoms with Crippen LogP contribution in [-0.2, 0) is 16.1 Å². The molecule has 0 aliphatic heterocycles. The smallest absolute Gasteiger partial charge is 0.322 e. The zero-order valence-electron chi connectivity index (χ0n) is 10.3. The number of hydrogen-bond acceptors (Lipinski definition) is 4. The Bertz CT molecular complexity index is 322. The maximum absolute atomic E-state index is 11.5. The van der Waals surface area contributed by atoms with Gasteiger partial charge in [-0.05, 0) is 32.2 Å². The van der Waals surface area contributed by atoms with Crippen molar-refractivity contribution >= 4 is 17.3 Å². The van der Waals surface area contributed by atoms with Gasteiger partial charge in [0.1, 0.15) is 6.04 Å². The number of methoxy groups -OCH3 is 1. The van der Waals surface area contributed by atoms with Gasteiger partial charge in [0.25, 0.3) is 0 Å². The molecule has 0 radical (unpaired) electrons. The second-order valence-electron chi connectivity index (χ2n) is 4.04. The molecule has 3 nitrogen and oxygen atoms in total. The molecule has 1 heterocycles. The lowest BCUT2D eigenvalue weighted by Crippen LogP contribution is -2.43. The summed E-state index contributed by atoms with van der Waals surface area (Å²) in [5.74, 6) is -0.176. The second-order valence-corrected chi connectivity index (χ2v) is 5.08. The number of hydrogen-bond donors (Lipinski definition) is 0. The third-order valence-electron chi connectivity index (χ3n) is 2.62. The van der Waals surface area contributed by atoms with Gasteiger partial charge in [-0.3, -0.25) is 9.69 Å². The Labute approximate surface area is 101 Å². The number of nitrogens with zero attached hydrogens (tertiary/aromatic N) is 1. The Hall–Kier alpha value is -0.870. The lowest BCUT2D eigenvalue weighted by atomic mass is 10.2. The fraction of sp³-hybridized carbons (Fsp3) is 0.583. The predicted molar refractivity (Wildman–Crippen MR) is 66.5 cm³/mol. The summed E-state index contributed by atoms with van der Waals surface area (Å²) < 4.78 is 4.79. The number of ether oxygens (including phenoxy) is 1. The summed E-state index contributed by atoms with van der Waals surface area (Å²) in [7, 11) is 1.43. The van der Waals surface area contributed by atoms with Crippen molar-refractivity contribution in [3.8, 4) is 0 Å². The molecule has 0 aliphatic carbocycles. The van der Waals surface area contributed by atoms with Crippen LogP contribution in [0.1, 0.15) is 25.6 Å². The summed E-state index contributed by atoms with van der Waals surface area (Å²) in [6.45, 7) is 6.87. The molecule has 1 atom stereocenters. The molecular weight excluding hydrogens is 222 g/mol. The Kier molecular flexibility index (Phi) is 4.96. The summed E-state index contributed by atoms with van der Waals surface area (Å²) in [4.78, 5) is 14.9. The van der Waals surface area contributed by atoms with Crippen LogP contribution in [0.15, 0.2) is 17.5 Å². The van der Waals surface area contributed by atoms with Gasteiger partial charge in [0, 0.05) is 17.5 Å². The molecule has 1 aromatic heterocycles. The van der Waals surface area contributed by atoms with Crippen LogP contribution in [0.2, 0.25) is 0 Å². The standard InChI is InChI=1S/C12H19NO2S/c1-9(2)13(10(3)12(14)15-4)8-11-6-5-7-16-11/h5-7,9-10H,8H2,1-4H3. The first kappa shape index (κ1) is 13.2. The molecule has 0 aliphatic rings. The number of thiophene rings is 1. The van der Waals surface area contributed by atoms with E-state index in [0.717, 1.165) is 6.54 Å². The third-order valence-corrected chi connectivity index (χ3v) is 3.48. The maximum atomic E-state index is 11.5. The van der Waals surface area contributed by atoms with E-state index in [1.807, 2.05) is 13.0 Å². The van der Waals surface area contributed by atoms with E-state index in [4.69, 9.17) is 4.74 Å². The SMILES string of the molecule is COC(=O)C(C)N(Cc1cccs1)C(C)C. The van der Waals surface area contributed by atoms with Gasteiger partial charge in [-0.2, -0.15) is 0 Å². The Balaban J connectivity index is 2.71. The van der Waals surface area contributed by atoms with Crippen molar-refractivity contribution in [1.29, 1.82) is 0 Å². The highest BCUT2D eigenvalue weighted by Gasteiger charge is 2.24. The van der Waals surface area contributed by atoms with Crippen LogP contribution in [0, 0.1) is 0 Å². The summed E-state index contributed by atoms with van der Waals surface area (Å²) in [6, 6.07) is 4.23. The first-order chi connectivity index (χ1) is 7.56. The minimum absolute atomic E-state index is 0.176. The predicted octanol–water partition coefficient (Wildman–Crippen LogP) is 2.52. The lowest BCUT2D eigenvalue weighted by Gasteiger charge is -2.30. The van der Waals surface area contributed by atoms with Gasteiger partial charge in [0.05, 0.1) is 7.11 Å². The van der Waals surface area contributed by atoms with Crippen molar-refractivity contribution < 1.29 is 9.53 Å². The minimum Gasteiger partial charge on any atom is -0.468 e. The maximum Gasteiger partial charge on any atom is 0.322 e. The van der Waals surface area contributed by atoms with Crippen LogP contribution < -0.4 is 0 Å². The van der Waals surface area contributed by atoms with E-state index in [1.165, 1.54) is 12.0 Å². The summed E-state index contributed by atoms with van der Waals surface area (Å²) in [5, 5.41) is 2.05. The molecule has 0 bridgehead atoms. The first-order valence-electron chi connectivity index (χ1n) is 5.42. The van der Waals surface area contributed by atoms with Crippen LogP contribution in [0.5, 0.6) is 0 Å². The largest absolute Gasteiger partial charge is 0.468 e. The fourth-order valence-electron chi connectivity index (χ4n) is 1.66. The van der Waals surface area contributed by atoms with Gasteiger partial charge in [0.2, 0.25) is 0 Å². The van der Waals surface area contributed by atoms with Crippen molar-refractivity contribution in [3.63, 3.8) is 0 Å². The highest BCUT2D eigenvalue weighted by molar-refractivity contribution is 7.09. The molecule has 4 heteroatoms. The van der Waals surface area contributed by atoms with E-state index in [9.17, 15) is 4.79 Å². The van der Waals surface area contributed by atoms with Gasteiger partial charge in [-0.1, -0.05) is 6.07 Å². The molecule has 16 heavy (non-hydrogen) atoms. The molecule has 0 aromatic carbocycles. The van der Waals surface area contributed by atoms with E-state index in [-0.39, 0.29) is 12.0 Å². The van der Waals surface area contributed by atoms with E-state index < -0.39 is 0 Å². The van der Waals surface area contributed by atoms with E-state index in [0.29, 0.717) is 6.04 Å². The number of rotatable bonds is 5. The number of esters is 1. The molecule has 0 saturated carbocycles. The van der Waals surface area contributed by atoms with E-state index >= 15 is 0 Å². The average Bonchev–Trinajstić information content (AvgIpc) is 2.76. The molecule has 0 N–H and O–H groups in total. The van der Waals surface area contributed by atoms with Crippen LogP contribution in [-0.4, -0.2) is 30.1 Å². The molecule has 1 unspecified atom stereocenters. The van der Waals surface area contributed by atoms with Crippen molar-refractivity contribution in [2.45, 2.75) is 39.4 Å². The zero-order valence-corrected chi connectivity index (χ0v) is 11.1. The van der Waals surface area contributed by atoms with Crippen LogP contribution >= 0.6 is 11.3 Å². The van der Waals surface area contributed by atoms with Gasteiger partial charge < -0.3 is 4.74 Å². The molecule has 90 valence electrons. The van der Waals surface area contributed by atoms with Gasteiger partial charge in [-0.25, -0.2) is 0 Å². The van der Waals surface area contributed by atoms with Crippen molar-refractivity contribution in [1.82, 2.24) is 4.90 Å². The average molecular weight is 241 g/mol. The molecule has 1 aromatic rings. The highest BCUT2D eigenvalue weighted by atomic mass is 32.1. The molecule has 0 saturated heterocycles. The quantitative estimate of drug-likeness (QED) is 0.742. The fourth-order valence-corrected chi connectivity index (χ4v) is 2.37. The van der Waals surface area contributed by atoms with Gasteiger partial charge >= 0.3 is 5.97 Å². The summed E-state index contributed by atoms with van der Waals surface area (Å²) in [6.07, 6.45) is 0. The minimum atomic E-state index is -0.202. The second kappa shape index (κ2) is 6.01.